The first kappa shape index (κ1) is 17.7. The lowest BCUT2D eigenvalue weighted by molar-refractivity contribution is -0.137. The number of aromatic nitrogens is 1. The van der Waals surface area contributed by atoms with E-state index in [1.54, 1.807) is 0 Å². The lowest BCUT2D eigenvalue weighted by Gasteiger charge is -2.12. The van der Waals surface area contributed by atoms with E-state index < -0.39 is 22.7 Å². The van der Waals surface area contributed by atoms with Crippen molar-refractivity contribution in [1.29, 1.82) is 0 Å². The van der Waals surface area contributed by atoms with Gasteiger partial charge in [0.2, 0.25) is 5.88 Å². The van der Waals surface area contributed by atoms with Crippen LogP contribution < -0.4 is 4.74 Å². The van der Waals surface area contributed by atoms with Gasteiger partial charge in [-0.15, -0.1) is 0 Å². The number of hydrogen-bond acceptors (Lipinski definition) is 3. The molecule has 1 N–H and O–H groups in total. The number of hydrogen-bond donors (Lipinski definition) is 1. The second-order valence-electron chi connectivity index (χ2n) is 4.18. The van der Waals surface area contributed by atoms with E-state index in [4.69, 9.17) is 44.6 Å². The Morgan fingerprint density at radius 1 is 1.09 bits per heavy atom. The third kappa shape index (κ3) is 3.99. The highest BCUT2D eigenvalue weighted by Gasteiger charge is 2.32. The molecule has 0 atom stereocenters. The largest absolute Gasteiger partial charge is 0.478 e. The number of carboxylic acids is 1. The first-order valence-corrected chi connectivity index (χ1v) is 6.86. The molecule has 0 aliphatic carbocycles. The van der Waals surface area contributed by atoms with Gasteiger partial charge >= 0.3 is 12.1 Å². The standard InChI is InChI=1S/C13H5Cl3F3NO3/c14-7-1-5(12(21)22)2-8(15)10(7)23-11-9(16)3-6(4-20-11)13(17,18)19/h1-4H,(H,21,22). The Hall–Kier alpha value is -1.70. The van der Waals surface area contributed by atoms with Gasteiger partial charge in [-0.1, -0.05) is 34.8 Å². The average Bonchev–Trinajstić information content (AvgIpc) is 2.42. The fourth-order valence-corrected chi connectivity index (χ4v) is 2.30. The van der Waals surface area contributed by atoms with Crippen molar-refractivity contribution >= 4 is 40.8 Å². The number of pyridine rings is 1. The second-order valence-corrected chi connectivity index (χ2v) is 5.41. The predicted octanol–water partition coefficient (Wildman–Crippen LogP) is 5.55. The number of carboxylic acid groups (broad SMARTS) is 1. The van der Waals surface area contributed by atoms with Gasteiger partial charge in [0.15, 0.2) is 5.75 Å². The summed E-state index contributed by atoms with van der Waals surface area (Å²) in [5.41, 5.74) is -1.23. The average molecular weight is 387 g/mol. The summed E-state index contributed by atoms with van der Waals surface area (Å²) in [4.78, 5) is 14.3. The van der Waals surface area contributed by atoms with Crippen LogP contribution in [-0.2, 0) is 6.18 Å². The molecule has 0 radical (unpaired) electrons. The van der Waals surface area contributed by atoms with Crippen molar-refractivity contribution < 1.29 is 27.8 Å². The molecule has 2 rings (SSSR count). The molecule has 0 fully saturated rings. The molecular formula is C13H5Cl3F3NO3. The Bertz CT molecular complexity index is 758. The van der Waals surface area contributed by atoms with Crippen LogP contribution in [0.25, 0.3) is 0 Å². The molecule has 2 aromatic rings. The Labute approximate surface area is 142 Å². The third-order valence-electron chi connectivity index (χ3n) is 2.58. The molecule has 0 amide bonds. The SMILES string of the molecule is O=C(O)c1cc(Cl)c(Oc2ncc(C(F)(F)F)cc2Cl)c(Cl)c1. The molecular weight excluding hydrogens is 382 g/mol. The summed E-state index contributed by atoms with van der Waals surface area (Å²) in [6, 6.07) is 2.78. The van der Waals surface area contributed by atoms with E-state index in [9.17, 15) is 18.0 Å². The zero-order valence-electron chi connectivity index (χ0n) is 10.8. The fraction of sp³-hybridized carbons (Fsp3) is 0.0769. The van der Waals surface area contributed by atoms with Crippen LogP contribution in [0.5, 0.6) is 11.6 Å². The van der Waals surface area contributed by atoms with Crippen molar-refractivity contribution in [2.24, 2.45) is 0 Å². The molecule has 0 saturated carbocycles. The molecule has 0 unspecified atom stereocenters. The molecule has 0 spiro atoms. The highest BCUT2D eigenvalue weighted by Crippen LogP contribution is 2.40. The summed E-state index contributed by atoms with van der Waals surface area (Å²) in [6.45, 7) is 0. The molecule has 23 heavy (non-hydrogen) atoms. The minimum atomic E-state index is -4.60. The highest BCUT2D eigenvalue weighted by atomic mass is 35.5. The topological polar surface area (TPSA) is 59.4 Å². The van der Waals surface area contributed by atoms with Crippen molar-refractivity contribution in [1.82, 2.24) is 4.98 Å². The summed E-state index contributed by atoms with van der Waals surface area (Å²) in [7, 11) is 0. The van der Waals surface area contributed by atoms with Gasteiger partial charge in [0.1, 0.15) is 5.02 Å². The van der Waals surface area contributed by atoms with Crippen LogP contribution in [0, 0.1) is 0 Å². The second kappa shape index (κ2) is 6.43. The Morgan fingerprint density at radius 2 is 1.65 bits per heavy atom. The molecule has 1 heterocycles. The van der Waals surface area contributed by atoms with Gasteiger partial charge in [0, 0.05) is 6.20 Å². The maximum Gasteiger partial charge on any atom is 0.417 e. The van der Waals surface area contributed by atoms with Gasteiger partial charge in [0.05, 0.1) is 21.2 Å². The van der Waals surface area contributed by atoms with Gasteiger partial charge in [-0.25, -0.2) is 9.78 Å². The minimum absolute atomic E-state index is 0.160. The number of rotatable bonds is 3. The normalized spacial score (nSPS) is 11.4. The van der Waals surface area contributed by atoms with Crippen molar-refractivity contribution in [2.45, 2.75) is 6.18 Å². The molecule has 1 aromatic heterocycles. The van der Waals surface area contributed by atoms with Crippen LogP contribution in [0.15, 0.2) is 24.4 Å². The molecule has 122 valence electrons. The van der Waals surface area contributed by atoms with Crippen LogP contribution in [-0.4, -0.2) is 16.1 Å². The highest BCUT2D eigenvalue weighted by molar-refractivity contribution is 6.37. The van der Waals surface area contributed by atoms with Crippen molar-refractivity contribution in [3.8, 4) is 11.6 Å². The molecule has 0 aliphatic heterocycles. The number of nitrogens with zero attached hydrogens (tertiary/aromatic N) is 1. The number of carbonyl (C=O) groups is 1. The van der Waals surface area contributed by atoms with Gasteiger partial charge in [0.25, 0.3) is 0 Å². The molecule has 0 bridgehead atoms. The van der Waals surface area contributed by atoms with Gasteiger partial charge in [-0.3, -0.25) is 0 Å². The van der Waals surface area contributed by atoms with Crippen LogP contribution >= 0.6 is 34.8 Å². The number of benzene rings is 1. The quantitative estimate of drug-likeness (QED) is 0.751. The van der Waals surface area contributed by atoms with E-state index in [1.807, 2.05) is 0 Å². The Balaban J connectivity index is 2.38. The summed E-state index contributed by atoms with van der Waals surface area (Å²) in [6.07, 6.45) is -4.07. The van der Waals surface area contributed by atoms with E-state index in [0.717, 1.165) is 12.1 Å². The minimum Gasteiger partial charge on any atom is -0.478 e. The van der Waals surface area contributed by atoms with Gasteiger partial charge in [-0.2, -0.15) is 13.2 Å². The van der Waals surface area contributed by atoms with Crippen LogP contribution in [0.1, 0.15) is 15.9 Å². The van der Waals surface area contributed by atoms with Crippen molar-refractivity contribution in [2.75, 3.05) is 0 Å². The molecule has 0 aliphatic rings. The van der Waals surface area contributed by atoms with E-state index in [0.29, 0.717) is 12.3 Å². The molecule has 0 saturated heterocycles. The van der Waals surface area contributed by atoms with E-state index in [2.05, 4.69) is 4.98 Å². The van der Waals surface area contributed by atoms with Crippen LogP contribution in [0.2, 0.25) is 15.1 Å². The smallest absolute Gasteiger partial charge is 0.417 e. The van der Waals surface area contributed by atoms with E-state index >= 15 is 0 Å². The van der Waals surface area contributed by atoms with Crippen molar-refractivity contribution in [3.63, 3.8) is 0 Å². The monoisotopic (exact) mass is 385 g/mol. The third-order valence-corrected chi connectivity index (χ3v) is 3.41. The lowest BCUT2D eigenvalue weighted by Crippen LogP contribution is -2.06. The Kier molecular flexibility index (Phi) is 4.93. The number of halogens is 6. The number of alkyl halides is 3. The summed E-state index contributed by atoms with van der Waals surface area (Å²) in [5.74, 6) is -1.79. The maximum atomic E-state index is 12.5. The zero-order chi connectivity index (χ0) is 17.4. The van der Waals surface area contributed by atoms with Crippen LogP contribution in [0.4, 0.5) is 13.2 Å². The van der Waals surface area contributed by atoms with Gasteiger partial charge < -0.3 is 9.84 Å². The molecule has 4 nitrogen and oxygen atoms in total. The number of aromatic carboxylic acids is 1. The van der Waals surface area contributed by atoms with Crippen molar-refractivity contribution in [3.05, 3.63) is 50.6 Å². The summed E-state index contributed by atoms with van der Waals surface area (Å²) in [5, 5.41) is 8.14. The fourth-order valence-electron chi connectivity index (χ4n) is 1.53. The van der Waals surface area contributed by atoms with Gasteiger partial charge in [-0.05, 0) is 18.2 Å². The molecule has 1 aromatic carbocycles. The summed E-state index contributed by atoms with van der Waals surface area (Å²) >= 11 is 17.4. The van der Waals surface area contributed by atoms with Crippen LogP contribution in [0.3, 0.4) is 0 Å². The maximum absolute atomic E-state index is 12.5. The van der Waals surface area contributed by atoms with E-state index in [1.165, 1.54) is 0 Å². The summed E-state index contributed by atoms with van der Waals surface area (Å²) < 4.78 is 42.8. The zero-order valence-corrected chi connectivity index (χ0v) is 13.1. The molecule has 10 heteroatoms. The number of ether oxygens (including phenoxy) is 1. The predicted molar refractivity (Wildman–Crippen MR) is 77.7 cm³/mol. The first-order chi connectivity index (χ1) is 10.6. The first-order valence-electron chi connectivity index (χ1n) is 5.72. The lowest BCUT2D eigenvalue weighted by atomic mass is 10.2. The van der Waals surface area contributed by atoms with E-state index in [-0.39, 0.29) is 27.2 Å². The Morgan fingerprint density at radius 3 is 2.09 bits per heavy atom.